The smallest absolute Gasteiger partial charge is 0.222 e. The zero-order valence-corrected chi connectivity index (χ0v) is 12.0. The van der Waals surface area contributed by atoms with Crippen molar-refractivity contribution in [2.24, 2.45) is 5.73 Å². The molecule has 5 nitrogen and oxygen atoms in total. The second-order valence-electron chi connectivity index (χ2n) is 4.39. The summed E-state index contributed by atoms with van der Waals surface area (Å²) < 4.78 is 11.1. The van der Waals surface area contributed by atoms with E-state index in [9.17, 15) is 0 Å². The molecule has 5 heteroatoms. The minimum absolute atomic E-state index is 0.462. The van der Waals surface area contributed by atoms with Gasteiger partial charge in [-0.2, -0.15) is 4.98 Å². The summed E-state index contributed by atoms with van der Waals surface area (Å²) in [5, 5.41) is 0. The van der Waals surface area contributed by atoms with Gasteiger partial charge in [0, 0.05) is 18.3 Å². The van der Waals surface area contributed by atoms with Crippen LogP contribution in [-0.4, -0.2) is 17.1 Å². The van der Waals surface area contributed by atoms with Gasteiger partial charge in [0.15, 0.2) is 11.5 Å². The van der Waals surface area contributed by atoms with Crippen LogP contribution in [0.5, 0.6) is 17.4 Å². The fourth-order valence-corrected chi connectivity index (χ4v) is 1.87. The number of methoxy groups -OCH3 is 1. The maximum Gasteiger partial charge on any atom is 0.222 e. The molecule has 0 amide bonds. The Labute approximate surface area is 118 Å². The normalized spacial score (nSPS) is 10.4. The lowest BCUT2D eigenvalue weighted by molar-refractivity contribution is 0.372. The molecule has 0 unspecified atom stereocenters. The number of ether oxygens (including phenoxy) is 2. The summed E-state index contributed by atoms with van der Waals surface area (Å²) in [5.74, 6) is 2.47. The van der Waals surface area contributed by atoms with E-state index in [0.717, 1.165) is 17.7 Å². The standard InChI is InChI=1S/C15H19N3O2/c1-4-12-8-15(18-10(2)17-12)20-13-6-5-11(9-16)7-14(13)19-3/h5-8H,4,9,16H2,1-3H3. The molecule has 0 saturated carbocycles. The van der Waals surface area contributed by atoms with Crippen LogP contribution in [0.4, 0.5) is 0 Å². The zero-order chi connectivity index (χ0) is 14.5. The van der Waals surface area contributed by atoms with Gasteiger partial charge in [-0.3, -0.25) is 0 Å². The van der Waals surface area contributed by atoms with Gasteiger partial charge in [-0.1, -0.05) is 13.0 Å². The molecule has 0 aliphatic heterocycles. The summed E-state index contributed by atoms with van der Waals surface area (Å²) in [6, 6.07) is 7.45. The van der Waals surface area contributed by atoms with Crippen LogP contribution >= 0.6 is 0 Å². The predicted octanol–water partition coefficient (Wildman–Crippen LogP) is 2.61. The van der Waals surface area contributed by atoms with Gasteiger partial charge in [0.05, 0.1) is 7.11 Å². The number of benzene rings is 1. The van der Waals surface area contributed by atoms with E-state index in [1.54, 1.807) is 7.11 Å². The summed E-state index contributed by atoms with van der Waals surface area (Å²) in [6.07, 6.45) is 0.836. The van der Waals surface area contributed by atoms with Crippen molar-refractivity contribution in [1.29, 1.82) is 0 Å². The molecule has 0 aliphatic rings. The highest BCUT2D eigenvalue weighted by atomic mass is 16.5. The molecule has 2 aromatic rings. The highest BCUT2D eigenvalue weighted by Gasteiger charge is 2.09. The second kappa shape index (κ2) is 6.34. The third-order valence-corrected chi connectivity index (χ3v) is 2.91. The predicted molar refractivity (Wildman–Crippen MR) is 77.1 cm³/mol. The van der Waals surface area contributed by atoms with Gasteiger partial charge in [-0.25, -0.2) is 4.98 Å². The van der Waals surface area contributed by atoms with Crippen LogP contribution in [0.25, 0.3) is 0 Å². The fourth-order valence-electron chi connectivity index (χ4n) is 1.87. The second-order valence-corrected chi connectivity index (χ2v) is 4.39. The van der Waals surface area contributed by atoms with E-state index < -0.39 is 0 Å². The number of rotatable bonds is 5. The van der Waals surface area contributed by atoms with Crippen LogP contribution in [-0.2, 0) is 13.0 Å². The van der Waals surface area contributed by atoms with E-state index in [0.29, 0.717) is 29.7 Å². The molecule has 2 N–H and O–H groups in total. The molecule has 0 saturated heterocycles. The molecule has 1 heterocycles. The van der Waals surface area contributed by atoms with Gasteiger partial charge in [-0.05, 0) is 31.0 Å². The molecular weight excluding hydrogens is 254 g/mol. The third-order valence-electron chi connectivity index (χ3n) is 2.91. The van der Waals surface area contributed by atoms with Crippen LogP contribution in [0.3, 0.4) is 0 Å². The van der Waals surface area contributed by atoms with E-state index in [1.807, 2.05) is 38.1 Å². The van der Waals surface area contributed by atoms with Gasteiger partial charge in [-0.15, -0.1) is 0 Å². The molecule has 1 aromatic carbocycles. The monoisotopic (exact) mass is 273 g/mol. The van der Waals surface area contributed by atoms with E-state index in [2.05, 4.69) is 9.97 Å². The molecule has 0 fully saturated rings. The van der Waals surface area contributed by atoms with Crippen LogP contribution in [0, 0.1) is 6.92 Å². The van der Waals surface area contributed by atoms with Gasteiger partial charge in [0.2, 0.25) is 5.88 Å². The SMILES string of the molecule is CCc1cc(Oc2ccc(CN)cc2OC)nc(C)n1. The first-order chi connectivity index (χ1) is 9.66. The van der Waals surface area contributed by atoms with Crippen molar-refractivity contribution in [1.82, 2.24) is 9.97 Å². The van der Waals surface area contributed by atoms with Crippen molar-refractivity contribution in [2.75, 3.05) is 7.11 Å². The lowest BCUT2D eigenvalue weighted by Gasteiger charge is -2.11. The van der Waals surface area contributed by atoms with Gasteiger partial charge in [0.25, 0.3) is 0 Å². The summed E-state index contributed by atoms with van der Waals surface area (Å²) in [7, 11) is 1.60. The Morgan fingerprint density at radius 3 is 2.60 bits per heavy atom. The molecule has 2 rings (SSSR count). The zero-order valence-electron chi connectivity index (χ0n) is 12.0. The summed E-state index contributed by atoms with van der Waals surface area (Å²) in [4.78, 5) is 8.61. The molecule has 0 bridgehead atoms. The summed E-state index contributed by atoms with van der Waals surface area (Å²) in [6.45, 7) is 4.35. The fraction of sp³-hybridized carbons (Fsp3) is 0.333. The van der Waals surface area contributed by atoms with Gasteiger partial charge < -0.3 is 15.2 Å². The minimum Gasteiger partial charge on any atom is -0.493 e. The Kier molecular flexibility index (Phi) is 4.53. The van der Waals surface area contributed by atoms with Crippen molar-refractivity contribution in [3.63, 3.8) is 0 Å². The van der Waals surface area contributed by atoms with E-state index in [1.165, 1.54) is 0 Å². The van der Waals surface area contributed by atoms with Crippen molar-refractivity contribution in [2.45, 2.75) is 26.8 Å². The molecule has 1 aromatic heterocycles. The third kappa shape index (κ3) is 3.24. The maximum atomic E-state index is 5.81. The summed E-state index contributed by atoms with van der Waals surface area (Å²) >= 11 is 0. The molecule has 20 heavy (non-hydrogen) atoms. The minimum atomic E-state index is 0.462. The molecule has 0 aliphatic carbocycles. The molecule has 0 radical (unpaired) electrons. The van der Waals surface area contributed by atoms with Gasteiger partial charge in [0.1, 0.15) is 5.82 Å². The quantitative estimate of drug-likeness (QED) is 0.906. The number of hydrogen-bond donors (Lipinski definition) is 1. The number of aryl methyl sites for hydroxylation is 2. The average molecular weight is 273 g/mol. The Bertz CT molecular complexity index is 600. The lowest BCUT2D eigenvalue weighted by Crippen LogP contribution is -2.00. The Balaban J connectivity index is 2.31. The largest absolute Gasteiger partial charge is 0.493 e. The lowest BCUT2D eigenvalue weighted by atomic mass is 10.2. The number of nitrogens with zero attached hydrogens (tertiary/aromatic N) is 2. The van der Waals surface area contributed by atoms with Crippen LogP contribution in [0.2, 0.25) is 0 Å². The van der Waals surface area contributed by atoms with Crippen molar-refractivity contribution in [3.05, 3.63) is 41.3 Å². The Morgan fingerprint density at radius 2 is 1.95 bits per heavy atom. The molecule has 0 spiro atoms. The van der Waals surface area contributed by atoms with Crippen molar-refractivity contribution in [3.8, 4) is 17.4 Å². The first-order valence-corrected chi connectivity index (χ1v) is 6.55. The first kappa shape index (κ1) is 14.3. The molecule has 0 atom stereocenters. The van der Waals surface area contributed by atoms with E-state index in [4.69, 9.17) is 15.2 Å². The Hall–Kier alpha value is -2.14. The highest BCUT2D eigenvalue weighted by molar-refractivity contribution is 5.44. The highest BCUT2D eigenvalue weighted by Crippen LogP contribution is 2.31. The molecule has 106 valence electrons. The van der Waals surface area contributed by atoms with Gasteiger partial charge >= 0.3 is 0 Å². The first-order valence-electron chi connectivity index (χ1n) is 6.55. The topological polar surface area (TPSA) is 70.3 Å². The van der Waals surface area contributed by atoms with Crippen LogP contribution in [0.1, 0.15) is 24.0 Å². The van der Waals surface area contributed by atoms with E-state index >= 15 is 0 Å². The molecular formula is C15H19N3O2. The maximum absolute atomic E-state index is 5.81. The summed E-state index contributed by atoms with van der Waals surface area (Å²) in [5.41, 5.74) is 7.55. The van der Waals surface area contributed by atoms with Crippen LogP contribution in [0.15, 0.2) is 24.3 Å². The van der Waals surface area contributed by atoms with Crippen molar-refractivity contribution < 1.29 is 9.47 Å². The number of nitrogens with two attached hydrogens (primary N) is 1. The number of hydrogen-bond acceptors (Lipinski definition) is 5. The average Bonchev–Trinajstić information content (AvgIpc) is 2.47. The van der Waals surface area contributed by atoms with Crippen LogP contribution < -0.4 is 15.2 Å². The number of aromatic nitrogens is 2. The van der Waals surface area contributed by atoms with Crippen molar-refractivity contribution >= 4 is 0 Å². The Morgan fingerprint density at radius 1 is 1.15 bits per heavy atom. The van der Waals surface area contributed by atoms with E-state index in [-0.39, 0.29) is 0 Å².